The summed E-state index contributed by atoms with van der Waals surface area (Å²) in [7, 11) is 1.99. The van der Waals surface area contributed by atoms with E-state index in [9.17, 15) is 9.59 Å². The van der Waals surface area contributed by atoms with Gasteiger partial charge in [0.05, 0.1) is 6.54 Å². The molecular weight excluding hydrogens is 406 g/mol. The number of carbonyl (C=O) groups is 2. The zero-order chi connectivity index (χ0) is 22.3. The van der Waals surface area contributed by atoms with Crippen LogP contribution in [0.1, 0.15) is 5.82 Å². The van der Waals surface area contributed by atoms with Crippen molar-refractivity contribution in [2.75, 3.05) is 42.1 Å². The summed E-state index contributed by atoms with van der Waals surface area (Å²) >= 11 is 0. The predicted molar refractivity (Wildman–Crippen MR) is 125 cm³/mol. The molecular formula is C23H27N7O2. The lowest BCUT2D eigenvalue weighted by atomic mass is 10.2. The number of para-hydroxylation sites is 1. The predicted octanol–water partition coefficient (Wildman–Crippen LogP) is 3.41. The highest BCUT2D eigenvalue weighted by molar-refractivity contribution is 6.00. The summed E-state index contributed by atoms with van der Waals surface area (Å²) < 4.78 is 2.01. The fourth-order valence-corrected chi connectivity index (χ4v) is 3.55. The summed E-state index contributed by atoms with van der Waals surface area (Å²) in [5.74, 6) is 1.02. The Kier molecular flexibility index (Phi) is 6.66. The Morgan fingerprint density at radius 2 is 1.53 bits per heavy atom. The summed E-state index contributed by atoms with van der Waals surface area (Å²) in [4.78, 5) is 33.4. The van der Waals surface area contributed by atoms with Gasteiger partial charge in [-0.3, -0.25) is 4.90 Å². The molecule has 1 fully saturated rings. The number of imidazole rings is 1. The number of aromatic nitrogens is 2. The fraction of sp³-hybridized carbons (Fsp3) is 0.261. The molecule has 2 heterocycles. The number of rotatable bonds is 5. The number of hydrogen-bond donors (Lipinski definition) is 3. The molecule has 1 aromatic heterocycles. The van der Waals surface area contributed by atoms with Gasteiger partial charge in [-0.05, 0) is 30.3 Å². The molecule has 1 saturated heterocycles. The van der Waals surface area contributed by atoms with Crippen molar-refractivity contribution in [3.8, 4) is 0 Å². The van der Waals surface area contributed by atoms with Crippen molar-refractivity contribution in [3.05, 3.63) is 72.8 Å². The van der Waals surface area contributed by atoms with E-state index in [-0.39, 0.29) is 12.1 Å². The van der Waals surface area contributed by atoms with Crippen molar-refractivity contribution in [2.45, 2.75) is 6.54 Å². The van der Waals surface area contributed by atoms with Gasteiger partial charge in [-0.15, -0.1) is 0 Å². The number of anilines is 3. The van der Waals surface area contributed by atoms with E-state index in [1.807, 2.05) is 48.1 Å². The van der Waals surface area contributed by atoms with Crippen LogP contribution < -0.4 is 16.0 Å². The van der Waals surface area contributed by atoms with Crippen LogP contribution in [-0.4, -0.2) is 57.6 Å². The smallest absolute Gasteiger partial charge is 0.323 e. The first-order chi connectivity index (χ1) is 15.6. The molecule has 2 aromatic carbocycles. The first-order valence-electron chi connectivity index (χ1n) is 10.5. The molecule has 4 amide bonds. The molecule has 1 aliphatic heterocycles. The van der Waals surface area contributed by atoms with Crippen LogP contribution in [0, 0.1) is 0 Å². The average Bonchev–Trinajstić information content (AvgIpc) is 3.19. The van der Waals surface area contributed by atoms with Gasteiger partial charge < -0.3 is 25.4 Å². The maximum Gasteiger partial charge on any atom is 0.323 e. The number of carbonyl (C=O) groups excluding carboxylic acids is 2. The topological polar surface area (TPSA) is 94.5 Å². The highest BCUT2D eigenvalue weighted by Gasteiger charge is 2.22. The maximum atomic E-state index is 12.7. The van der Waals surface area contributed by atoms with E-state index in [1.165, 1.54) is 0 Å². The quantitative estimate of drug-likeness (QED) is 0.575. The van der Waals surface area contributed by atoms with Gasteiger partial charge in [-0.2, -0.15) is 0 Å². The highest BCUT2D eigenvalue weighted by atomic mass is 16.2. The molecule has 0 spiro atoms. The minimum Gasteiger partial charge on any atom is -0.337 e. The zero-order valence-corrected chi connectivity index (χ0v) is 18.0. The third-order valence-electron chi connectivity index (χ3n) is 5.35. The van der Waals surface area contributed by atoms with Gasteiger partial charge in [0, 0.05) is 62.7 Å². The fourth-order valence-electron chi connectivity index (χ4n) is 3.55. The van der Waals surface area contributed by atoms with Gasteiger partial charge in [-0.1, -0.05) is 24.3 Å². The van der Waals surface area contributed by atoms with Crippen molar-refractivity contribution in [1.82, 2.24) is 19.4 Å². The lowest BCUT2D eigenvalue weighted by Crippen LogP contribution is -2.49. The molecule has 0 bridgehead atoms. The second-order valence-corrected chi connectivity index (χ2v) is 7.67. The van der Waals surface area contributed by atoms with Crippen molar-refractivity contribution in [1.29, 1.82) is 0 Å². The Hall–Kier alpha value is -3.85. The molecule has 9 nitrogen and oxygen atoms in total. The van der Waals surface area contributed by atoms with Gasteiger partial charge in [-0.25, -0.2) is 14.6 Å². The highest BCUT2D eigenvalue weighted by Crippen LogP contribution is 2.17. The number of benzene rings is 2. The molecule has 4 rings (SSSR count). The molecule has 1 aliphatic rings. The Labute approximate surface area is 187 Å². The van der Waals surface area contributed by atoms with E-state index in [0.717, 1.165) is 25.5 Å². The zero-order valence-electron chi connectivity index (χ0n) is 18.0. The molecule has 9 heteroatoms. The molecule has 32 heavy (non-hydrogen) atoms. The van der Waals surface area contributed by atoms with Crippen LogP contribution in [0.5, 0.6) is 0 Å². The number of urea groups is 2. The normalized spacial score (nSPS) is 14.1. The first kappa shape index (κ1) is 21.4. The second-order valence-electron chi connectivity index (χ2n) is 7.67. The molecule has 3 N–H and O–H groups in total. The molecule has 0 unspecified atom stereocenters. The average molecular weight is 434 g/mol. The lowest BCUT2D eigenvalue weighted by molar-refractivity contribution is 0.140. The van der Waals surface area contributed by atoms with Gasteiger partial charge in [0.15, 0.2) is 0 Å². The number of amides is 4. The lowest BCUT2D eigenvalue weighted by Gasteiger charge is -2.34. The number of piperazine rings is 1. The van der Waals surface area contributed by atoms with Crippen LogP contribution in [0.2, 0.25) is 0 Å². The van der Waals surface area contributed by atoms with Gasteiger partial charge >= 0.3 is 12.1 Å². The standard InChI is InChI=1S/C23H27N7O2/c1-28-11-10-24-21(28)17-29-12-14-30(15-13-29)23(32)27-20-9-5-8-19(16-20)26-22(31)25-18-6-3-2-4-7-18/h2-11,16H,12-15,17H2,1H3,(H,27,32)(H2,25,26,31). The van der Waals surface area contributed by atoms with Crippen LogP contribution in [0.25, 0.3) is 0 Å². The molecule has 0 aliphatic carbocycles. The molecule has 3 aromatic rings. The van der Waals surface area contributed by atoms with Crippen LogP contribution in [0.15, 0.2) is 67.0 Å². The largest absolute Gasteiger partial charge is 0.337 e. The van der Waals surface area contributed by atoms with Gasteiger partial charge in [0.1, 0.15) is 5.82 Å². The third kappa shape index (κ3) is 5.64. The van der Waals surface area contributed by atoms with Crippen molar-refractivity contribution < 1.29 is 9.59 Å². The Balaban J connectivity index is 1.26. The number of hydrogen-bond acceptors (Lipinski definition) is 4. The van der Waals surface area contributed by atoms with Crippen LogP contribution >= 0.6 is 0 Å². The van der Waals surface area contributed by atoms with E-state index in [4.69, 9.17) is 0 Å². The Bertz CT molecular complexity index is 1060. The number of nitrogens with one attached hydrogen (secondary N) is 3. The van der Waals surface area contributed by atoms with E-state index in [2.05, 4.69) is 25.8 Å². The van der Waals surface area contributed by atoms with Gasteiger partial charge in [0.25, 0.3) is 0 Å². The second kappa shape index (κ2) is 9.97. The number of aryl methyl sites for hydroxylation is 1. The summed E-state index contributed by atoms with van der Waals surface area (Å²) in [6, 6.07) is 15.8. The van der Waals surface area contributed by atoms with E-state index >= 15 is 0 Å². The van der Waals surface area contributed by atoms with E-state index in [0.29, 0.717) is 30.2 Å². The minimum absolute atomic E-state index is 0.146. The molecule has 166 valence electrons. The maximum absolute atomic E-state index is 12.7. The summed E-state index contributed by atoms with van der Waals surface area (Å²) in [6.07, 6.45) is 3.74. The van der Waals surface area contributed by atoms with Crippen molar-refractivity contribution in [2.24, 2.45) is 7.05 Å². The Morgan fingerprint density at radius 3 is 2.22 bits per heavy atom. The molecule has 0 atom stereocenters. The van der Waals surface area contributed by atoms with Crippen LogP contribution in [-0.2, 0) is 13.6 Å². The summed E-state index contributed by atoms with van der Waals surface area (Å²) in [6.45, 7) is 3.65. The van der Waals surface area contributed by atoms with Crippen LogP contribution in [0.4, 0.5) is 26.7 Å². The number of nitrogens with zero attached hydrogens (tertiary/aromatic N) is 4. The van der Waals surface area contributed by atoms with Crippen molar-refractivity contribution >= 4 is 29.1 Å². The first-order valence-corrected chi connectivity index (χ1v) is 10.5. The van der Waals surface area contributed by atoms with Crippen LogP contribution in [0.3, 0.4) is 0 Å². The summed E-state index contributed by atoms with van der Waals surface area (Å²) in [5, 5.41) is 8.48. The Morgan fingerprint density at radius 1 is 0.875 bits per heavy atom. The van der Waals surface area contributed by atoms with Crippen molar-refractivity contribution in [3.63, 3.8) is 0 Å². The van der Waals surface area contributed by atoms with Gasteiger partial charge in [0.2, 0.25) is 0 Å². The SMILES string of the molecule is Cn1ccnc1CN1CCN(C(=O)Nc2cccc(NC(=O)Nc3ccccc3)c2)CC1. The summed E-state index contributed by atoms with van der Waals surface area (Å²) in [5.41, 5.74) is 1.93. The molecule has 0 saturated carbocycles. The van der Waals surface area contributed by atoms with E-state index < -0.39 is 0 Å². The minimum atomic E-state index is -0.344. The third-order valence-corrected chi connectivity index (χ3v) is 5.35. The monoisotopic (exact) mass is 433 g/mol. The molecule has 0 radical (unpaired) electrons. The van der Waals surface area contributed by atoms with E-state index in [1.54, 1.807) is 35.4 Å².